The van der Waals surface area contributed by atoms with E-state index in [0.29, 0.717) is 17.3 Å². The molecule has 0 nitrogen and oxygen atoms in total. The van der Waals surface area contributed by atoms with Crippen molar-refractivity contribution in [3.05, 3.63) is 35.4 Å². The molecule has 0 aliphatic carbocycles. The lowest BCUT2D eigenvalue weighted by Gasteiger charge is -2.25. The Morgan fingerprint density at radius 3 is 1.95 bits per heavy atom. The highest BCUT2D eigenvalue weighted by atomic mass is 35.5. The number of halogens is 1. The molecule has 1 heteroatoms. The van der Waals surface area contributed by atoms with Gasteiger partial charge in [0.2, 0.25) is 0 Å². The van der Waals surface area contributed by atoms with Crippen molar-refractivity contribution in [2.75, 3.05) is 0 Å². The van der Waals surface area contributed by atoms with Gasteiger partial charge in [-0.05, 0) is 47.6 Å². The zero-order chi connectivity index (χ0) is 15.3. The van der Waals surface area contributed by atoms with Crippen molar-refractivity contribution in [2.24, 2.45) is 11.3 Å². The summed E-state index contributed by atoms with van der Waals surface area (Å²) in [6, 6.07) is 8.91. The predicted molar refractivity (Wildman–Crippen MR) is 91.6 cm³/mol. The van der Waals surface area contributed by atoms with Crippen LogP contribution in [0, 0.1) is 11.3 Å². The van der Waals surface area contributed by atoms with Gasteiger partial charge in [-0.25, -0.2) is 0 Å². The van der Waals surface area contributed by atoms with E-state index < -0.39 is 0 Å². The van der Waals surface area contributed by atoms with Gasteiger partial charge in [-0.2, -0.15) is 0 Å². The molecule has 0 amide bonds. The SMILES string of the molecule is CCC(C)c1ccc(C(Cl)CC(C)CC(C)(C)C)cc1. The molecule has 0 fully saturated rings. The molecule has 0 bridgehead atoms. The third-order valence-electron chi connectivity index (χ3n) is 4.05. The molecule has 0 radical (unpaired) electrons. The fraction of sp³-hybridized carbons (Fsp3) is 0.684. The molecule has 20 heavy (non-hydrogen) atoms. The molecule has 0 saturated carbocycles. The van der Waals surface area contributed by atoms with Crippen LogP contribution in [-0.4, -0.2) is 0 Å². The third-order valence-corrected chi connectivity index (χ3v) is 4.48. The molecule has 1 aromatic rings. The number of hydrogen-bond donors (Lipinski definition) is 0. The minimum Gasteiger partial charge on any atom is -0.118 e. The molecule has 1 rings (SSSR count). The maximum atomic E-state index is 6.60. The summed E-state index contributed by atoms with van der Waals surface area (Å²) in [6.07, 6.45) is 3.47. The summed E-state index contributed by atoms with van der Waals surface area (Å²) in [4.78, 5) is 0. The molecule has 0 spiro atoms. The molecular formula is C19H31Cl. The Morgan fingerprint density at radius 1 is 1.00 bits per heavy atom. The number of rotatable bonds is 6. The Hall–Kier alpha value is -0.490. The van der Waals surface area contributed by atoms with Gasteiger partial charge in [-0.1, -0.05) is 65.8 Å². The molecule has 0 saturated heterocycles. The minimum atomic E-state index is 0.137. The van der Waals surface area contributed by atoms with Crippen LogP contribution in [0.3, 0.4) is 0 Å². The lowest BCUT2D eigenvalue weighted by molar-refractivity contribution is 0.295. The molecule has 0 aliphatic heterocycles. The Morgan fingerprint density at radius 2 is 1.50 bits per heavy atom. The van der Waals surface area contributed by atoms with E-state index in [2.05, 4.69) is 65.8 Å². The van der Waals surface area contributed by atoms with Crippen LogP contribution in [0.4, 0.5) is 0 Å². The average Bonchev–Trinajstić information content (AvgIpc) is 2.35. The van der Waals surface area contributed by atoms with Crippen molar-refractivity contribution in [1.29, 1.82) is 0 Å². The van der Waals surface area contributed by atoms with Crippen LogP contribution in [0.2, 0.25) is 0 Å². The Kier molecular flexibility index (Phi) is 6.58. The van der Waals surface area contributed by atoms with Gasteiger partial charge >= 0.3 is 0 Å². The Bertz CT molecular complexity index is 385. The van der Waals surface area contributed by atoms with Gasteiger partial charge in [0.05, 0.1) is 5.38 Å². The first-order valence-electron chi connectivity index (χ1n) is 7.97. The van der Waals surface area contributed by atoms with E-state index in [1.54, 1.807) is 0 Å². The van der Waals surface area contributed by atoms with E-state index in [0.717, 1.165) is 6.42 Å². The first-order chi connectivity index (χ1) is 9.23. The van der Waals surface area contributed by atoms with Gasteiger partial charge < -0.3 is 0 Å². The standard InChI is InChI=1S/C19H31Cl/c1-7-15(3)16-8-10-17(11-9-16)18(20)12-14(2)13-19(4,5)6/h8-11,14-15,18H,7,12-13H2,1-6H3. The van der Waals surface area contributed by atoms with Crippen molar-refractivity contribution in [1.82, 2.24) is 0 Å². The lowest BCUT2D eigenvalue weighted by Crippen LogP contribution is -2.12. The second-order valence-electron chi connectivity index (χ2n) is 7.55. The molecule has 0 aliphatic rings. The molecule has 0 aromatic heterocycles. The predicted octanol–water partition coefficient (Wildman–Crippen LogP) is 6.94. The first-order valence-corrected chi connectivity index (χ1v) is 8.40. The van der Waals surface area contributed by atoms with Crippen LogP contribution in [0.15, 0.2) is 24.3 Å². The van der Waals surface area contributed by atoms with Gasteiger partial charge in [0.25, 0.3) is 0 Å². The Labute approximate surface area is 130 Å². The summed E-state index contributed by atoms with van der Waals surface area (Å²) in [6.45, 7) is 13.7. The van der Waals surface area contributed by atoms with Crippen molar-refractivity contribution in [3.8, 4) is 0 Å². The molecule has 3 unspecified atom stereocenters. The minimum absolute atomic E-state index is 0.137. The molecule has 3 atom stereocenters. The van der Waals surface area contributed by atoms with E-state index in [1.807, 2.05) is 0 Å². The van der Waals surface area contributed by atoms with E-state index >= 15 is 0 Å². The highest BCUT2D eigenvalue weighted by Gasteiger charge is 2.19. The molecule has 0 N–H and O–H groups in total. The maximum absolute atomic E-state index is 6.60. The second-order valence-corrected chi connectivity index (χ2v) is 8.08. The first kappa shape index (κ1) is 17.6. The van der Waals surface area contributed by atoms with Crippen molar-refractivity contribution >= 4 is 11.6 Å². The van der Waals surface area contributed by atoms with Crippen LogP contribution in [0.25, 0.3) is 0 Å². The summed E-state index contributed by atoms with van der Waals surface area (Å²) >= 11 is 6.60. The molecule has 0 heterocycles. The van der Waals surface area contributed by atoms with Gasteiger partial charge in [0.15, 0.2) is 0 Å². The normalized spacial score (nSPS) is 16.8. The quantitative estimate of drug-likeness (QED) is 0.498. The number of hydrogen-bond acceptors (Lipinski definition) is 0. The fourth-order valence-corrected chi connectivity index (χ4v) is 3.34. The van der Waals surface area contributed by atoms with Gasteiger partial charge in [-0.3, -0.25) is 0 Å². The molecule has 114 valence electrons. The average molecular weight is 295 g/mol. The summed E-state index contributed by atoms with van der Waals surface area (Å²) in [5.74, 6) is 1.30. The smallest absolute Gasteiger partial charge is 0.0587 e. The van der Waals surface area contributed by atoms with Crippen LogP contribution in [-0.2, 0) is 0 Å². The molecule has 1 aromatic carbocycles. The van der Waals surface area contributed by atoms with Crippen molar-refractivity contribution in [2.45, 2.75) is 72.1 Å². The summed E-state index contributed by atoms with van der Waals surface area (Å²) in [5.41, 5.74) is 3.07. The fourth-order valence-electron chi connectivity index (χ4n) is 2.89. The van der Waals surface area contributed by atoms with Crippen molar-refractivity contribution < 1.29 is 0 Å². The van der Waals surface area contributed by atoms with Gasteiger partial charge in [-0.15, -0.1) is 11.6 Å². The summed E-state index contributed by atoms with van der Waals surface area (Å²) in [5, 5.41) is 0.137. The third kappa shape index (κ3) is 5.87. The highest BCUT2D eigenvalue weighted by molar-refractivity contribution is 6.20. The van der Waals surface area contributed by atoms with Crippen LogP contribution < -0.4 is 0 Å². The van der Waals surface area contributed by atoms with Crippen LogP contribution >= 0.6 is 11.6 Å². The van der Waals surface area contributed by atoms with E-state index in [9.17, 15) is 0 Å². The van der Waals surface area contributed by atoms with Gasteiger partial charge in [0, 0.05) is 0 Å². The summed E-state index contributed by atoms with van der Waals surface area (Å²) in [7, 11) is 0. The topological polar surface area (TPSA) is 0 Å². The Balaban J connectivity index is 2.61. The zero-order valence-electron chi connectivity index (χ0n) is 14.0. The lowest BCUT2D eigenvalue weighted by atomic mass is 9.83. The monoisotopic (exact) mass is 294 g/mol. The molecular weight excluding hydrogens is 264 g/mol. The number of alkyl halides is 1. The number of benzene rings is 1. The second kappa shape index (κ2) is 7.50. The van der Waals surface area contributed by atoms with Crippen molar-refractivity contribution in [3.63, 3.8) is 0 Å². The van der Waals surface area contributed by atoms with Crippen LogP contribution in [0.1, 0.15) is 83.2 Å². The summed E-state index contributed by atoms with van der Waals surface area (Å²) < 4.78 is 0. The largest absolute Gasteiger partial charge is 0.118 e. The maximum Gasteiger partial charge on any atom is 0.0587 e. The van der Waals surface area contributed by atoms with Gasteiger partial charge in [0.1, 0.15) is 0 Å². The van der Waals surface area contributed by atoms with E-state index in [4.69, 9.17) is 11.6 Å². The zero-order valence-corrected chi connectivity index (χ0v) is 14.8. The van der Waals surface area contributed by atoms with E-state index in [-0.39, 0.29) is 5.38 Å². The highest BCUT2D eigenvalue weighted by Crippen LogP contribution is 2.34. The van der Waals surface area contributed by atoms with E-state index in [1.165, 1.54) is 24.0 Å². The van der Waals surface area contributed by atoms with Crippen LogP contribution in [0.5, 0.6) is 0 Å².